The molecule has 5 nitrogen and oxygen atoms in total. The molecule has 1 heterocycles. The highest BCUT2D eigenvalue weighted by Crippen LogP contribution is 2.18. The number of anilines is 1. The van der Waals surface area contributed by atoms with Crippen LogP contribution in [0.2, 0.25) is 5.28 Å². The summed E-state index contributed by atoms with van der Waals surface area (Å²) in [6, 6.07) is 0.312. The minimum atomic E-state index is 0.0128. The summed E-state index contributed by atoms with van der Waals surface area (Å²) in [4.78, 5) is 15.1. The van der Waals surface area contributed by atoms with Gasteiger partial charge in [-0.15, -0.1) is 0 Å². The Balaban J connectivity index is 2.76. The molecule has 0 aliphatic carbocycles. The predicted octanol–water partition coefficient (Wildman–Crippen LogP) is 5.28. The summed E-state index contributed by atoms with van der Waals surface area (Å²) in [6.07, 6.45) is 9.77. The lowest BCUT2D eigenvalue weighted by atomic mass is 10.2. The van der Waals surface area contributed by atoms with Gasteiger partial charge in [0.05, 0.1) is 6.10 Å². The van der Waals surface area contributed by atoms with Gasteiger partial charge in [0, 0.05) is 13.1 Å². The number of hydrogen-bond acceptors (Lipinski definition) is 5. The summed E-state index contributed by atoms with van der Waals surface area (Å²) in [6.45, 7) is 10.3. The zero-order chi connectivity index (χ0) is 17.8. The second-order valence-corrected chi connectivity index (χ2v) is 6.80. The van der Waals surface area contributed by atoms with Crippen molar-refractivity contribution in [3.05, 3.63) is 5.28 Å². The first-order chi connectivity index (χ1) is 11.6. The standard InChI is InChI=1S/C18H33ClN4O/c1-5-7-9-11-13-23(14-12-10-8-6-2)17-20-16(19)21-18(22-17)24-15(3)4/h15H,5-14H2,1-4H3. The molecule has 0 saturated heterocycles. The van der Waals surface area contributed by atoms with E-state index in [1.165, 1.54) is 38.5 Å². The van der Waals surface area contributed by atoms with E-state index in [9.17, 15) is 0 Å². The van der Waals surface area contributed by atoms with Crippen molar-refractivity contribution in [2.75, 3.05) is 18.0 Å². The largest absolute Gasteiger partial charge is 0.461 e. The number of nitrogens with zero attached hydrogens (tertiary/aromatic N) is 4. The number of ether oxygens (including phenoxy) is 1. The van der Waals surface area contributed by atoms with Crippen molar-refractivity contribution < 1.29 is 4.74 Å². The Hall–Kier alpha value is -1.10. The Morgan fingerprint density at radius 2 is 1.46 bits per heavy atom. The van der Waals surface area contributed by atoms with E-state index < -0.39 is 0 Å². The average Bonchev–Trinajstić information content (AvgIpc) is 2.52. The fourth-order valence-electron chi connectivity index (χ4n) is 2.50. The van der Waals surface area contributed by atoms with Crippen molar-refractivity contribution >= 4 is 17.5 Å². The van der Waals surface area contributed by atoms with Gasteiger partial charge >= 0.3 is 6.01 Å². The quantitative estimate of drug-likeness (QED) is 0.450. The van der Waals surface area contributed by atoms with Gasteiger partial charge in [-0.3, -0.25) is 0 Å². The van der Waals surface area contributed by atoms with Crippen LogP contribution < -0.4 is 9.64 Å². The van der Waals surface area contributed by atoms with Crippen LogP contribution in [0.15, 0.2) is 0 Å². The Bertz CT molecular complexity index is 445. The summed E-state index contributed by atoms with van der Waals surface area (Å²) in [5.41, 5.74) is 0. The zero-order valence-electron chi connectivity index (χ0n) is 15.7. The van der Waals surface area contributed by atoms with Gasteiger partial charge in [-0.05, 0) is 38.3 Å². The lowest BCUT2D eigenvalue weighted by molar-refractivity contribution is 0.221. The third kappa shape index (κ3) is 8.67. The topological polar surface area (TPSA) is 51.1 Å². The van der Waals surface area contributed by atoms with Crippen LogP contribution in [-0.2, 0) is 0 Å². The lowest BCUT2D eigenvalue weighted by Gasteiger charge is -2.23. The van der Waals surface area contributed by atoms with E-state index in [-0.39, 0.29) is 11.4 Å². The Kier molecular flexibility index (Phi) is 10.7. The van der Waals surface area contributed by atoms with Crippen LogP contribution in [0, 0.1) is 0 Å². The number of aromatic nitrogens is 3. The smallest absolute Gasteiger partial charge is 0.322 e. The van der Waals surface area contributed by atoms with Gasteiger partial charge in [0.15, 0.2) is 0 Å². The molecule has 138 valence electrons. The SMILES string of the molecule is CCCCCCN(CCCCCC)c1nc(Cl)nc(OC(C)C)n1. The summed E-state index contributed by atoms with van der Waals surface area (Å²) in [5, 5.41) is 0.197. The summed E-state index contributed by atoms with van der Waals surface area (Å²) < 4.78 is 5.60. The first kappa shape index (κ1) is 20.9. The first-order valence-electron chi connectivity index (χ1n) is 9.40. The van der Waals surface area contributed by atoms with Crippen molar-refractivity contribution in [1.82, 2.24) is 15.0 Å². The monoisotopic (exact) mass is 356 g/mol. The minimum Gasteiger partial charge on any atom is -0.461 e. The molecular weight excluding hydrogens is 324 g/mol. The summed E-state index contributed by atoms with van der Waals surface area (Å²) in [5.74, 6) is 0.638. The van der Waals surface area contributed by atoms with E-state index in [1.54, 1.807) is 0 Å². The van der Waals surface area contributed by atoms with E-state index in [1.807, 2.05) is 13.8 Å². The Morgan fingerprint density at radius 1 is 0.875 bits per heavy atom. The minimum absolute atomic E-state index is 0.0128. The first-order valence-corrected chi connectivity index (χ1v) is 9.77. The fourth-order valence-corrected chi connectivity index (χ4v) is 2.65. The maximum Gasteiger partial charge on any atom is 0.322 e. The Morgan fingerprint density at radius 3 is 1.96 bits per heavy atom. The number of rotatable bonds is 13. The molecule has 0 aromatic carbocycles. The van der Waals surface area contributed by atoms with Gasteiger partial charge in [0.25, 0.3) is 0 Å². The maximum atomic E-state index is 6.08. The van der Waals surface area contributed by atoms with Gasteiger partial charge in [-0.25, -0.2) is 0 Å². The van der Waals surface area contributed by atoms with Crippen molar-refractivity contribution in [3.8, 4) is 6.01 Å². The van der Waals surface area contributed by atoms with Crippen LogP contribution in [0.3, 0.4) is 0 Å². The number of hydrogen-bond donors (Lipinski definition) is 0. The molecule has 0 saturated carbocycles. The molecule has 0 amide bonds. The molecule has 0 N–H and O–H groups in total. The predicted molar refractivity (Wildman–Crippen MR) is 101 cm³/mol. The molecule has 1 aromatic heterocycles. The van der Waals surface area contributed by atoms with Crippen molar-refractivity contribution in [3.63, 3.8) is 0 Å². The highest BCUT2D eigenvalue weighted by molar-refractivity contribution is 6.28. The third-order valence-electron chi connectivity index (χ3n) is 3.76. The average molecular weight is 357 g/mol. The van der Waals surface area contributed by atoms with E-state index in [2.05, 4.69) is 33.7 Å². The number of unbranched alkanes of at least 4 members (excludes halogenated alkanes) is 6. The van der Waals surface area contributed by atoms with Gasteiger partial charge in [0.1, 0.15) is 0 Å². The van der Waals surface area contributed by atoms with Gasteiger partial charge < -0.3 is 9.64 Å². The second-order valence-electron chi connectivity index (χ2n) is 6.46. The highest BCUT2D eigenvalue weighted by atomic mass is 35.5. The molecular formula is C18H33ClN4O. The van der Waals surface area contributed by atoms with Crippen LogP contribution in [-0.4, -0.2) is 34.1 Å². The molecule has 0 radical (unpaired) electrons. The zero-order valence-corrected chi connectivity index (χ0v) is 16.5. The molecule has 0 atom stereocenters. The normalized spacial score (nSPS) is 11.1. The van der Waals surface area contributed by atoms with Crippen LogP contribution in [0.4, 0.5) is 5.95 Å². The van der Waals surface area contributed by atoms with Crippen molar-refractivity contribution in [1.29, 1.82) is 0 Å². The third-order valence-corrected chi connectivity index (χ3v) is 3.93. The van der Waals surface area contributed by atoms with Crippen LogP contribution >= 0.6 is 11.6 Å². The molecule has 0 spiro atoms. The summed E-state index contributed by atoms with van der Waals surface area (Å²) >= 11 is 6.08. The van der Waals surface area contributed by atoms with Crippen molar-refractivity contribution in [2.24, 2.45) is 0 Å². The molecule has 0 bridgehead atoms. The molecule has 0 fully saturated rings. The highest BCUT2D eigenvalue weighted by Gasteiger charge is 2.14. The van der Waals surface area contributed by atoms with E-state index in [0.717, 1.165) is 25.9 Å². The molecule has 24 heavy (non-hydrogen) atoms. The molecule has 1 aromatic rings. The summed E-state index contributed by atoms with van der Waals surface area (Å²) in [7, 11) is 0. The Labute approximate surface area is 152 Å². The fraction of sp³-hybridized carbons (Fsp3) is 0.833. The van der Waals surface area contributed by atoms with Gasteiger partial charge in [0.2, 0.25) is 11.2 Å². The molecule has 0 unspecified atom stereocenters. The van der Waals surface area contributed by atoms with E-state index >= 15 is 0 Å². The van der Waals surface area contributed by atoms with Crippen molar-refractivity contribution in [2.45, 2.75) is 85.2 Å². The van der Waals surface area contributed by atoms with Crippen LogP contribution in [0.25, 0.3) is 0 Å². The maximum absolute atomic E-state index is 6.08. The van der Waals surface area contributed by atoms with Gasteiger partial charge in [-0.1, -0.05) is 52.4 Å². The molecule has 6 heteroatoms. The van der Waals surface area contributed by atoms with E-state index in [0.29, 0.717) is 12.0 Å². The molecule has 0 aliphatic heterocycles. The molecule has 0 aliphatic rings. The van der Waals surface area contributed by atoms with Gasteiger partial charge in [-0.2, -0.15) is 15.0 Å². The van der Waals surface area contributed by atoms with Crippen LogP contribution in [0.1, 0.15) is 79.1 Å². The second kappa shape index (κ2) is 12.3. The van der Waals surface area contributed by atoms with Crippen LogP contribution in [0.5, 0.6) is 6.01 Å². The van der Waals surface area contributed by atoms with E-state index in [4.69, 9.17) is 16.3 Å². The number of halogens is 1. The molecule has 1 rings (SSSR count). The lowest BCUT2D eigenvalue weighted by Crippen LogP contribution is -2.28.